The first-order chi connectivity index (χ1) is 56.3. The van der Waals surface area contributed by atoms with Crippen molar-refractivity contribution in [3.63, 3.8) is 0 Å². The SMILES string of the molecule is COC(=O)c1cc(C#N)c(C(C)C)cc1C.COC(=O)c1cc(I)c(C(C)C)cc1C.[2H][Pd+].[C-]#N.[C-]#N.[CH2-]F.[Zn+2].c1ccc(P(c2ccccc2)c2ccccc2)cc1.c1ccc(P(c2ccccc2)c2ccccc2)cc1.c1ccc(P(c2ccccc2)c2ccccc2)cc1.c1ccc(P(c2ccccc2)c2ccccc2)cc1. The van der Waals surface area contributed by atoms with Crippen LogP contribution < -0.4 is 63.7 Å². The predicted molar refractivity (Wildman–Crippen MR) is 489 cm³/mol. The van der Waals surface area contributed by atoms with E-state index in [0.29, 0.717) is 22.6 Å². The molecule has 0 spiro atoms. The summed E-state index contributed by atoms with van der Waals surface area (Å²) < 4.78 is 25.4. The topological polar surface area (TPSA) is 124 Å². The number of ether oxygens (including phenoxy) is 2. The van der Waals surface area contributed by atoms with Gasteiger partial charge in [0.05, 0.1) is 37.0 Å². The molecule has 0 aliphatic carbocycles. The number of nitriles is 1. The zero-order valence-corrected chi connectivity index (χ0v) is 76.1. The fraction of sp³-hybridized carbons (Fsp3) is 0.100. The summed E-state index contributed by atoms with van der Waals surface area (Å²) in [5.74, 6) is 0.0763. The van der Waals surface area contributed by atoms with Crippen LogP contribution in [0.3, 0.4) is 0 Å². The minimum Gasteiger partial charge on any atom is -0.512 e. The van der Waals surface area contributed by atoms with Crippen LogP contribution in [0.25, 0.3) is 0 Å². The maximum Gasteiger partial charge on any atom is 2.00 e. The van der Waals surface area contributed by atoms with Gasteiger partial charge in [-0.25, -0.2) is 9.59 Å². The molecule has 15 heteroatoms. The maximum atomic E-state index is 11.5. The monoisotopic (exact) mass is 1840 g/mol. The van der Waals surface area contributed by atoms with Crippen molar-refractivity contribution >= 4 is 130 Å². The fourth-order valence-corrected chi connectivity index (χ4v) is 22.1. The Labute approximate surface area is 728 Å². The van der Waals surface area contributed by atoms with Gasteiger partial charge in [-0.05, 0) is 178 Å². The molecule has 0 aliphatic heterocycles. The predicted octanol–water partition coefficient (Wildman–Crippen LogP) is 20.7. The molecule has 0 atom stereocenters. The molecular formula is C100H93FIN3O4P4PdZn. The number of rotatable bonds is 16. The minimum absolute atomic E-state index is 0. The Hall–Kier alpha value is -9.84. The van der Waals surface area contributed by atoms with Crippen LogP contribution in [0.4, 0.5) is 4.39 Å². The molecule has 115 heavy (non-hydrogen) atoms. The Morgan fingerprint density at radius 2 is 0.504 bits per heavy atom. The van der Waals surface area contributed by atoms with Gasteiger partial charge in [0.25, 0.3) is 0 Å². The van der Waals surface area contributed by atoms with Gasteiger partial charge in [0.1, 0.15) is 0 Å². The molecule has 0 aromatic heterocycles. The second-order valence-corrected chi connectivity index (χ2v) is 35.3. The van der Waals surface area contributed by atoms with E-state index in [2.05, 4.69) is 417 Å². The first-order valence-corrected chi connectivity index (χ1v) is 42.8. The summed E-state index contributed by atoms with van der Waals surface area (Å²) in [7, 11) is 2.71. The molecule has 14 aromatic carbocycles. The van der Waals surface area contributed by atoms with Gasteiger partial charge in [-0.3, -0.25) is 0 Å². The molecule has 578 valence electrons. The van der Waals surface area contributed by atoms with Crippen LogP contribution in [0.5, 0.6) is 0 Å². The summed E-state index contributed by atoms with van der Waals surface area (Å²) in [6.45, 7) is 21.6. The Balaban J connectivity index is 0.000000288. The molecule has 14 rings (SSSR count). The van der Waals surface area contributed by atoms with Crippen molar-refractivity contribution in [1.29, 1.82) is 16.6 Å². The number of carbonyl (C=O) groups excluding carboxylic acids is 2. The molecule has 0 N–H and O–H groups in total. The molecule has 7 nitrogen and oxygen atoms in total. The Bertz CT molecular complexity index is 4260. The molecule has 0 saturated carbocycles. The third-order valence-corrected chi connectivity index (χ3v) is 27.8. The van der Waals surface area contributed by atoms with Crippen LogP contribution in [-0.2, 0) is 49.2 Å². The fourth-order valence-electron chi connectivity index (χ4n) is 11.8. The van der Waals surface area contributed by atoms with Crippen LogP contribution in [0.2, 0.25) is 0 Å². The van der Waals surface area contributed by atoms with Gasteiger partial charge in [-0.1, -0.05) is 404 Å². The number of benzene rings is 14. The Kier molecular flexibility index (Phi) is 46.3. The second kappa shape index (κ2) is 55.6. The zero-order chi connectivity index (χ0) is 83.5. The van der Waals surface area contributed by atoms with Gasteiger partial charge in [-0.15, -0.1) is 0 Å². The summed E-state index contributed by atoms with van der Waals surface area (Å²) in [4.78, 5) is 22.9. The first kappa shape index (κ1) is 95.7. The van der Waals surface area contributed by atoms with E-state index < -0.39 is 37.7 Å². The van der Waals surface area contributed by atoms with Crippen LogP contribution >= 0.6 is 54.3 Å². The van der Waals surface area contributed by atoms with E-state index in [1.807, 2.05) is 60.1 Å². The number of carbonyl (C=O) groups is 2. The number of esters is 2. The van der Waals surface area contributed by atoms with Crippen molar-refractivity contribution in [2.24, 2.45) is 0 Å². The molecule has 0 saturated heterocycles. The van der Waals surface area contributed by atoms with Crippen molar-refractivity contribution in [3.8, 4) is 6.07 Å². The Morgan fingerprint density at radius 3 is 0.652 bits per heavy atom. The van der Waals surface area contributed by atoms with Gasteiger partial charge < -0.3 is 37.5 Å². The largest absolute Gasteiger partial charge is 2.00 e. The molecular weight excluding hydrogens is 1750 g/mol. The molecule has 0 heterocycles. The van der Waals surface area contributed by atoms with E-state index in [1.165, 1.54) is 83.4 Å². The average Bonchev–Trinajstić information content (AvgIpc) is 0.854. The molecule has 14 aromatic rings. The number of hydrogen-bond acceptors (Lipinski definition) is 7. The summed E-state index contributed by atoms with van der Waals surface area (Å²) in [6, 6.07) is 139. The van der Waals surface area contributed by atoms with Gasteiger partial charge in [-0.2, -0.15) is 12.4 Å². The summed E-state index contributed by atoms with van der Waals surface area (Å²) in [5.41, 5.74) is 5.73. The van der Waals surface area contributed by atoms with Crippen LogP contribution in [-0.4, -0.2) is 26.9 Å². The molecule has 0 aliphatic rings. The standard InChI is InChI=1S/4C18H15P.C13H15NO2.C12H15IO2.CH2F.2CN.Pd.Zn.H/c4*1-4-10-16(11-5-1)19(17-12-6-2-7-13-17)18-14-8-3-9-15-18;1-8(2)11-5-9(3)12(13(15)16-4)6-10(11)7-14;1-7(2)9-5-8(3)10(6-11(9)13)12(14)15-4;3*1-2;;;/h4*1-15H;5-6,8H,1-4H3;5-7H,1-4H3;1H2;;;;;/q;;;;;;3*-1;+1;+2;/i;;;;;;;;;;;1+1. The van der Waals surface area contributed by atoms with Crippen molar-refractivity contribution < 1.29 is 63.2 Å². The maximum absolute atomic E-state index is 11.5. The quantitative estimate of drug-likeness (QED) is 0.0310. The number of halogens is 2. The van der Waals surface area contributed by atoms with E-state index in [4.69, 9.17) is 34.4 Å². The van der Waals surface area contributed by atoms with E-state index in [9.17, 15) is 14.0 Å². The van der Waals surface area contributed by atoms with Crippen molar-refractivity contribution in [2.45, 2.75) is 53.4 Å². The van der Waals surface area contributed by atoms with E-state index >= 15 is 0 Å². The number of methoxy groups -OCH3 is 2. The van der Waals surface area contributed by atoms with Crippen molar-refractivity contribution in [2.75, 3.05) is 14.2 Å². The smallest absolute Gasteiger partial charge is 0.512 e. The van der Waals surface area contributed by atoms with Crippen molar-refractivity contribution in [1.82, 2.24) is 0 Å². The van der Waals surface area contributed by atoms with Gasteiger partial charge in [0.15, 0.2) is 0 Å². The molecule has 0 bridgehead atoms. The third kappa shape index (κ3) is 30.7. The van der Waals surface area contributed by atoms with Crippen molar-refractivity contribution in [3.05, 3.63) is 451 Å². The first-order valence-electron chi connectivity index (χ1n) is 36.6. The van der Waals surface area contributed by atoms with E-state index in [0.717, 1.165) is 20.3 Å². The summed E-state index contributed by atoms with van der Waals surface area (Å²) in [5, 5.41) is 38.3. The van der Waals surface area contributed by atoms with Crippen LogP contribution in [0.1, 0.15) is 88.1 Å². The third-order valence-electron chi connectivity index (χ3n) is 17.1. The average molecular weight is 1840 g/mol. The van der Waals surface area contributed by atoms with Crippen LogP contribution in [0.15, 0.2) is 388 Å². The second-order valence-electron chi connectivity index (χ2n) is 25.2. The molecule has 0 radical (unpaired) electrons. The Morgan fingerprint density at radius 1 is 0.348 bits per heavy atom. The van der Waals surface area contributed by atoms with Gasteiger partial charge in [0, 0.05) is 3.57 Å². The molecule has 0 amide bonds. The number of nitrogens with zero attached hydrogens (tertiary/aromatic N) is 3. The van der Waals surface area contributed by atoms with E-state index in [1.54, 1.807) is 13.2 Å². The number of aryl methyl sites for hydroxylation is 2. The zero-order valence-electron chi connectivity index (χ0n) is 66.9. The summed E-state index contributed by atoms with van der Waals surface area (Å²) in [6.07, 6.45) is 0. The van der Waals surface area contributed by atoms with E-state index in [-0.39, 0.29) is 31.4 Å². The number of hydrogen-bond donors (Lipinski definition) is 0. The minimum atomic E-state index is -0.446. The van der Waals surface area contributed by atoms with Crippen LogP contribution in [0, 0.1) is 59.6 Å². The normalized spacial score (nSPS) is 9.91. The summed E-state index contributed by atoms with van der Waals surface area (Å²) >= 11 is 4.26. The molecule has 0 unspecified atom stereocenters. The van der Waals surface area contributed by atoms with Gasteiger partial charge in [0.2, 0.25) is 0 Å². The molecule has 0 fully saturated rings. The van der Waals surface area contributed by atoms with Gasteiger partial charge >= 0.3 is 52.5 Å².